The van der Waals surface area contributed by atoms with Crippen LogP contribution in [0.15, 0.2) is 30.6 Å². The van der Waals surface area contributed by atoms with E-state index in [1.54, 1.807) is 6.20 Å². The van der Waals surface area contributed by atoms with E-state index in [2.05, 4.69) is 15.6 Å². The maximum atomic E-state index is 12.7. The predicted octanol–water partition coefficient (Wildman–Crippen LogP) is 1.20. The van der Waals surface area contributed by atoms with Crippen LogP contribution in [0, 0.1) is 11.8 Å². The normalized spacial score (nSPS) is 26.0. The van der Waals surface area contributed by atoms with E-state index in [9.17, 15) is 9.90 Å². The monoisotopic (exact) mass is 328 g/mol. The van der Waals surface area contributed by atoms with E-state index in [1.807, 2.05) is 28.8 Å². The van der Waals surface area contributed by atoms with Gasteiger partial charge in [0.2, 0.25) is 0 Å². The molecule has 0 bridgehead atoms. The Morgan fingerprint density at radius 1 is 1.29 bits per heavy atom. The first kappa shape index (κ1) is 15.6. The molecule has 1 aliphatic carbocycles. The maximum absolute atomic E-state index is 12.7. The lowest BCUT2D eigenvalue weighted by Crippen LogP contribution is -2.52. The molecular formula is C18H24N4O2. The minimum atomic E-state index is -0.202. The molecule has 3 heterocycles. The molecule has 6 nitrogen and oxygen atoms in total. The van der Waals surface area contributed by atoms with Crippen molar-refractivity contribution in [1.29, 1.82) is 0 Å². The molecule has 1 aliphatic heterocycles. The zero-order chi connectivity index (χ0) is 16.5. The maximum Gasteiger partial charge on any atom is 0.271 e. The van der Waals surface area contributed by atoms with Gasteiger partial charge in [0.05, 0.1) is 6.10 Å². The minimum Gasteiger partial charge on any atom is -0.393 e. The van der Waals surface area contributed by atoms with Gasteiger partial charge in [0, 0.05) is 18.4 Å². The Morgan fingerprint density at radius 2 is 2.08 bits per heavy atom. The number of aliphatic hydroxyl groups excluding tert-OH is 1. The predicted molar refractivity (Wildman–Crippen MR) is 90.8 cm³/mol. The number of fused-ring (bicyclic) bond motifs is 1. The molecule has 1 amide bonds. The van der Waals surface area contributed by atoms with E-state index >= 15 is 0 Å². The highest BCUT2D eigenvalue weighted by Gasteiger charge is 2.39. The van der Waals surface area contributed by atoms with Gasteiger partial charge >= 0.3 is 0 Å². The number of pyridine rings is 1. The molecule has 1 saturated heterocycles. The van der Waals surface area contributed by atoms with Crippen LogP contribution in [-0.4, -0.2) is 45.6 Å². The van der Waals surface area contributed by atoms with Crippen LogP contribution in [-0.2, 0) is 0 Å². The van der Waals surface area contributed by atoms with Crippen molar-refractivity contribution in [3.63, 3.8) is 0 Å². The third-order valence-electron chi connectivity index (χ3n) is 5.44. The molecule has 2 fully saturated rings. The number of carbonyl (C=O) groups excluding carboxylic acids is 1. The molecule has 24 heavy (non-hydrogen) atoms. The van der Waals surface area contributed by atoms with Gasteiger partial charge in [0.15, 0.2) is 0 Å². The SMILES string of the molecule is O=C(N[C@@H](C1CCNCC1)C1CC(O)C1)c1cn2ccccc2n1. The lowest BCUT2D eigenvalue weighted by molar-refractivity contribution is 0.00914. The van der Waals surface area contributed by atoms with E-state index in [1.165, 1.54) is 0 Å². The van der Waals surface area contributed by atoms with Gasteiger partial charge in [-0.05, 0) is 62.7 Å². The zero-order valence-electron chi connectivity index (χ0n) is 13.7. The summed E-state index contributed by atoms with van der Waals surface area (Å²) in [4.78, 5) is 17.1. The highest BCUT2D eigenvalue weighted by Crippen LogP contribution is 2.35. The number of hydrogen-bond acceptors (Lipinski definition) is 4. The zero-order valence-corrected chi connectivity index (χ0v) is 13.7. The van der Waals surface area contributed by atoms with Gasteiger partial charge in [-0.25, -0.2) is 4.98 Å². The molecule has 2 aromatic rings. The summed E-state index contributed by atoms with van der Waals surface area (Å²) in [7, 11) is 0. The first-order chi connectivity index (χ1) is 11.7. The fourth-order valence-corrected chi connectivity index (χ4v) is 4.02. The van der Waals surface area contributed by atoms with Gasteiger partial charge in [-0.1, -0.05) is 6.07 Å². The van der Waals surface area contributed by atoms with E-state index in [4.69, 9.17) is 0 Å². The molecule has 4 rings (SSSR count). The van der Waals surface area contributed by atoms with Crippen LogP contribution in [0.5, 0.6) is 0 Å². The number of hydrogen-bond donors (Lipinski definition) is 3. The quantitative estimate of drug-likeness (QED) is 0.788. The summed E-state index contributed by atoms with van der Waals surface area (Å²) in [6.45, 7) is 2.00. The number of carbonyl (C=O) groups is 1. The van der Waals surface area contributed by atoms with Crippen molar-refractivity contribution in [2.24, 2.45) is 11.8 Å². The Hall–Kier alpha value is -1.92. The van der Waals surface area contributed by atoms with Crippen LogP contribution in [0.25, 0.3) is 5.65 Å². The Labute approximate surface area is 141 Å². The number of piperidine rings is 1. The summed E-state index contributed by atoms with van der Waals surface area (Å²) in [5, 5.41) is 16.3. The summed E-state index contributed by atoms with van der Waals surface area (Å²) in [6.07, 6.45) is 7.20. The molecule has 1 saturated carbocycles. The molecule has 128 valence electrons. The van der Waals surface area contributed by atoms with Gasteiger partial charge in [-0.3, -0.25) is 4.79 Å². The largest absolute Gasteiger partial charge is 0.393 e. The van der Waals surface area contributed by atoms with Gasteiger partial charge in [-0.15, -0.1) is 0 Å². The number of imidazole rings is 1. The Morgan fingerprint density at radius 3 is 2.79 bits per heavy atom. The van der Waals surface area contributed by atoms with E-state index in [-0.39, 0.29) is 18.1 Å². The molecule has 1 atom stereocenters. The molecule has 3 N–H and O–H groups in total. The second kappa shape index (κ2) is 6.53. The topological polar surface area (TPSA) is 78.7 Å². The lowest BCUT2D eigenvalue weighted by atomic mass is 9.71. The van der Waals surface area contributed by atoms with Crippen LogP contribution in [0.3, 0.4) is 0 Å². The standard InChI is InChI=1S/C18H24N4O2/c23-14-9-13(10-14)17(12-4-6-19-7-5-12)21-18(24)15-11-22-8-2-1-3-16(22)20-15/h1-3,8,11-14,17,19,23H,4-7,9-10H2,(H,21,24)/t13?,14?,17-/m0/s1. The highest BCUT2D eigenvalue weighted by molar-refractivity contribution is 5.93. The second-order valence-corrected chi connectivity index (χ2v) is 7.06. The van der Waals surface area contributed by atoms with Crippen LogP contribution in [0.2, 0.25) is 0 Å². The number of rotatable bonds is 4. The number of amides is 1. The molecule has 0 radical (unpaired) electrons. The average Bonchev–Trinajstić information content (AvgIpc) is 3.02. The summed E-state index contributed by atoms with van der Waals surface area (Å²) >= 11 is 0. The van der Waals surface area contributed by atoms with E-state index < -0.39 is 0 Å². The summed E-state index contributed by atoms with van der Waals surface area (Å²) in [6, 6.07) is 5.86. The molecule has 0 unspecified atom stereocenters. The summed E-state index contributed by atoms with van der Waals surface area (Å²) in [5.74, 6) is 0.748. The van der Waals surface area contributed by atoms with Crippen LogP contribution in [0.4, 0.5) is 0 Å². The van der Waals surface area contributed by atoms with E-state index in [0.717, 1.165) is 44.4 Å². The number of nitrogens with zero attached hydrogens (tertiary/aromatic N) is 2. The molecule has 6 heteroatoms. The Kier molecular flexibility index (Phi) is 4.24. The van der Waals surface area contributed by atoms with E-state index in [0.29, 0.717) is 17.5 Å². The third kappa shape index (κ3) is 3.03. The van der Waals surface area contributed by atoms with Crippen molar-refractivity contribution in [2.75, 3.05) is 13.1 Å². The Bertz CT molecular complexity index is 684. The number of aromatic nitrogens is 2. The Balaban J connectivity index is 1.51. The first-order valence-electron chi connectivity index (χ1n) is 8.84. The summed E-state index contributed by atoms with van der Waals surface area (Å²) < 4.78 is 1.86. The van der Waals surface area contributed by atoms with Crippen LogP contribution >= 0.6 is 0 Å². The number of nitrogens with one attached hydrogen (secondary N) is 2. The van der Waals surface area contributed by atoms with Crippen molar-refractivity contribution in [3.8, 4) is 0 Å². The number of aliphatic hydroxyl groups is 1. The average molecular weight is 328 g/mol. The van der Waals surface area contributed by atoms with Gasteiger partial charge in [0.25, 0.3) is 5.91 Å². The fourth-order valence-electron chi connectivity index (χ4n) is 4.02. The van der Waals surface area contributed by atoms with Crippen molar-refractivity contribution in [3.05, 3.63) is 36.3 Å². The van der Waals surface area contributed by atoms with Crippen molar-refractivity contribution in [2.45, 2.75) is 37.8 Å². The van der Waals surface area contributed by atoms with Gasteiger partial charge in [0.1, 0.15) is 11.3 Å². The van der Waals surface area contributed by atoms with Crippen LogP contribution < -0.4 is 10.6 Å². The molecule has 0 aromatic carbocycles. The summed E-state index contributed by atoms with van der Waals surface area (Å²) in [5.41, 5.74) is 1.24. The molecule has 2 aromatic heterocycles. The fraction of sp³-hybridized carbons (Fsp3) is 0.556. The van der Waals surface area contributed by atoms with Gasteiger partial charge in [-0.2, -0.15) is 0 Å². The third-order valence-corrected chi connectivity index (χ3v) is 5.44. The smallest absolute Gasteiger partial charge is 0.271 e. The lowest BCUT2D eigenvalue weighted by Gasteiger charge is -2.43. The highest BCUT2D eigenvalue weighted by atomic mass is 16.3. The first-order valence-corrected chi connectivity index (χ1v) is 8.84. The molecule has 0 spiro atoms. The minimum absolute atomic E-state index is 0.108. The van der Waals surface area contributed by atoms with Crippen molar-refractivity contribution in [1.82, 2.24) is 20.0 Å². The van der Waals surface area contributed by atoms with Crippen molar-refractivity contribution >= 4 is 11.6 Å². The second-order valence-electron chi connectivity index (χ2n) is 7.06. The molecular weight excluding hydrogens is 304 g/mol. The molecule has 2 aliphatic rings. The van der Waals surface area contributed by atoms with Crippen molar-refractivity contribution < 1.29 is 9.90 Å². The van der Waals surface area contributed by atoms with Crippen LogP contribution in [0.1, 0.15) is 36.2 Å². The van der Waals surface area contributed by atoms with Gasteiger partial charge < -0.3 is 20.1 Å².